The number of anilines is 2. The van der Waals surface area contributed by atoms with Gasteiger partial charge in [0.05, 0.1) is 40.3 Å². The third-order valence-corrected chi connectivity index (χ3v) is 5.31. The molecule has 0 saturated carbocycles. The number of thiophene rings is 1. The van der Waals surface area contributed by atoms with Crippen molar-refractivity contribution in [2.24, 2.45) is 5.92 Å². The zero-order valence-electron chi connectivity index (χ0n) is 16.4. The minimum atomic E-state index is -0.244. The Morgan fingerprint density at radius 3 is 2.93 bits per heavy atom. The molecule has 0 spiro atoms. The summed E-state index contributed by atoms with van der Waals surface area (Å²) in [5, 5.41) is 8.88. The highest BCUT2D eigenvalue weighted by atomic mass is 32.1. The lowest BCUT2D eigenvalue weighted by Crippen LogP contribution is -2.13. The first-order chi connectivity index (χ1) is 14.0. The van der Waals surface area contributed by atoms with Gasteiger partial charge < -0.3 is 15.4 Å². The van der Waals surface area contributed by atoms with E-state index in [1.54, 1.807) is 24.9 Å². The van der Waals surface area contributed by atoms with Crippen LogP contribution in [0.15, 0.2) is 42.0 Å². The first kappa shape index (κ1) is 19.1. The number of amides is 1. The smallest absolute Gasteiger partial charge is 0.258 e. The number of hydrogen-bond donors (Lipinski definition) is 2. The van der Waals surface area contributed by atoms with Crippen LogP contribution in [0, 0.1) is 5.92 Å². The Hall–Kier alpha value is -3.26. The average molecular weight is 407 g/mol. The Kier molecular flexibility index (Phi) is 5.26. The second-order valence-corrected chi connectivity index (χ2v) is 7.94. The van der Waals surface area contributed by atoms with E-state index in [-0.39, 0.29) is 5.91 Å². The monoisotopic (exact) mass is 407 g/mol. The first-order valence-corrected chi connectivity index (χ1v) is 10.2. The van der Waals surface area contributed by atoms with Crippen molar-refractivity contribution in [2.45, 2.75) is 13.8 Å². The highest BCUT2D eigenvalue weighted by Gasteiger charge is 2.17. The van der Waals surface area contributed by atoms with Crippen LogP contribution in [0.1, 0.15) is 24.2 Å². The van der Waals surface area contributed by atoms with Crippen LogP contribution in [0.3, 0.4) is 0 Å². The number of hydrogen-bond acceptors (Lipinski definition) is 7. The third-order valence-electron chi connectivity index (χ3n) is 4.40. The number of ether oxygens (including phenoxy) is 1. The summed E-state index contributed by atoms with van der Waals surface area (Å²) in [6, 6.07) is 7.47. The quantitative estimate of drug-likeness (QED) is 0.487. The Bertz CT molecular complexity index is 1190. The minimum absolute atomic E-state index is 0.244. The molecule has 7 nitrogen and oxygen atoms in total. The number of nitrogens with zero attached hydrogens (tertiary/aromatic N) is 3. The summed E-state index contributed by atoms with van der Waals surface area (Å²) in [5.74, 6) is 1.30. The predicted molar refractivity (Wildman–Crippen MR) is 117 cm³/mol. The number of rotatable bonds is 6. The maximum Gasteiger partial charge on any atom is 0.258 e. The molecule has 4 rings (SSSR count). The van der Waals surface area contributed by atoms with Crippen LogP contribution >= 0.6 is 11.3 Å². The summed E-state index contributed by atoms with van der Waals surface area (Å²) < 4.78 is 6.31. The van der Waals surface area contributed by atoms with E-state index in [9.17, 15) is 4.79 Å². The van der Waals surface area contributed by atoms with Crippen LogP contribution in [0.5, 0.6) is 5.75 Å². The van der Waals surface area contributed by atoms with Gasteiger partial charge in [-0.2, -0.15) is 0 Å². The van der Waals surface area contributed by atoms with Crippen LogP contribution in [0.25, 0.3) is 21.1 Å². The van der Waals surface area contributed by atoms with E-state index in [0.29, 0.717) is 34.4 Å². The number of methoxy groups -OCH3 is 1. The molecule has 2 N–H and O–H groups in total. The van der Waals surface area contributed by atoms with Gasteiger partial charge >= 0.3 is 0 Å². The molecular formula is C21H21N5O2S. The Morgan fingerprint density at radius 2 is 2.14 bits per heavy atom. The van der Waals surface area contributed by atoms with Crippen molar-refractivity contribution in [1.82, 2.24) is 15.0 Å². The van der Waals surface area contributed by atoms with Gasteiger partial charge in [-0.3, -0.25) is 9.78 Å². The van der Waals surface area contributed by atoms with Gasteiger partial charge in [0, 0.05) is 29.6 Å². The van der Waals surface area contributed by atoms with E-state index >= 15 is 0 Å². The second-order valence-electron chi connectivity index (χ2n) is 7.03. The van der Waals surface area contributed by atoms with E-state index in [4.69, 9.17) is 4.74 Å². The Labute approximate surface area is 172 Å². The molecule has 0 saturated heterocycles. The van der Waals surface area contributed by atoms with Gasteiger partial charge in [0.1, 0.15) is 5.75 Å². The van der Waals surface area contributed by atoms with E-state index < -0.39 is 0 Å². The fourth-order valence-corrected chi connectivity index (χ4v) is 3.77. The maximum atomic E-state index is 13.0. The fraction of sp³-hybridized carbons (Fsp3) is 0.238. The van der Waals surface area contributed by atoms with E-state index in [2.05, 4.69) is 39.4 Å². The van der Waals surface area contributed by atoms with Crippen LogP contribution in [-0.2, 0) is 0 Å². The zero-order valence-corrected chi connectivity index (χ0v) is 17.2. The Morgan fingerprint density at radius 1 is 1.28 bits per heavy atom. The van der Waals surface area contributed by atoms with Crippen molar-refractivity contribution in [3.8, 4) is 5.75 Å². The molecule has 3 heterocycles. The number of fused-ring (bicyclic) bond motifs is 2. The van der Waals surface area contributed by atoms with Gasteiger partial charge in [-0.25, -0.2) is 9.97 Å². The Balaban J connectivity index is 1.65. The van der Waals surface area contributed by atoms with E-state index in [1.165, 1.54) is 11.3 Å². The molecular weight excluding hydrogens is 386 g/mol. The van der Waals surface area contributed by atoms with Gasteiger partial charge in [-0.05, 0) is 18.1 Å². The summed E-state index contributed by atoms with van der Waals surface area (Å²) in [4.78, 5) is 26.2. The van der Waals surface area contributed by atoms with Crippen LogP contribution in [0.2, 0.25) is 0 Å². The highest BCUT2D eigenvalue weighted by Crippen LogP contribution is 2.31. The normalized spacial score (nSPS) is 11.2. The van der Waals surface area contributed by atoms with Crippen molar-refractivity contribution in [3.05, 3.63) is 47.6 Å². The maximum absolute atomic E-state index is 13.0. The molecule has 0 aliphatic heterocycles. The molecule has 0 atom stereocenters. The molecule has 0 unspecified atom stereocenters. The minimum Gasteiger partial charge on any atom is -0.494 e. The third kappa shape index (κ3) is 3.97. The van der Waals surface area contributed by atoms with Crippen molar-refractivity contribution >= 4 is 50.0 Å². The highest BCUT2D eigenvalue weighted by molar-refractivity contribution is 7.17. The van der Waals surface area contributed by atoms with Crippen molar-refractivity contribution in [2.75, 3.05) is 24.3 Å². The topological polar surface area (TPSA) is 89.0 Å². The largest absolute Gasteiger partial charge is 0.494 e. The summed E-state index contributed by atoms with van der Waals surface area (Å²) >= 11 is 1.44. The predicted octanol–water partition coefficient (Wildman–Crippen LogP) is 4.57. The molecule has 4 aromatic rings. The molecule has 0 aliphatic carbocycles. The zero-order chi connectivity index (χ0) is 20.4. The number of pyridine rings is 1. The van der Waals surface area contributed by atoms with Gasteiger partial charge in [0.25, 0.3) is 5.91 Å². The number of carbonyl (C=O) groups is 1. The van der Waals surface area contributed by atoms with Crippen molar-refractivity contribution < 1.29 is 9.53 Å². The van der Waals surface area contributed by atoms with Crippen LogP contribution in [-0.4, -0.2) is 34.5 Å². The lowest BCUT2D eigenvalue weighted by molar-refractivity contribution is 0.102. The molecule has 0 fully saturated rings. The number of nitrogens with one attached hydrogen (secondary N) is 2. The fourth-order valence-electron chi connectivity index (χ4n) is 2.93. The van der Waals surface area contributed by atoms with Crippen molar-refractivity contribution in [3.63, 3.8) is 0 Å². The second kappa shape index (κ2) is 8.00. The van der Waals surface area contributed by atoms with Crippen molar-refractivity contribution in [1.29, 1.82) is 0 Å². The molecule has 148 valence electrons. The molecule has 0 radical (unpaired) electrons. The molecule has 3 aromatic heterocycles. The molecule has 0 aliphatic rings. The standard InChI is InChI=1S/C21H21N5O2S/c1-12(2)9-23-21-24-10-18-19(26-21)14(11-29-18)20(27)25-16-7-13-5-4-6-22-15(13)8-17(16)28-3/h4-8,10-12H,9H2,1-3H3,(H,25,27)(H,23,24,26). The van der Waals surface area contributed by atoms with Crippen LogP contribution < -0.4 is 15.4 Å². The lowest BCUT2D eigenvalue weighted by atomic mass is 10.1. The van der Waals surface area contributed by atoms with Gasteiger partial charge in [-0.15, -0.1) is 11.3 Å². The number of carbonyl (C=O) groups excluding carboxylic acids is 1. The van der Waals surface area contributed by atoms with Crippen LogP contribution in [0.4, 0.5) is 11.6 Å². The van der Waals surface area contributed by atoms with E-state index in [1.807, 2.05) is 24.3 Å². The van der Waals surface area contributed by atoms with Gasteiger partial charge in [0.15, 0.2) is 0 Å². The summed E-state index contributed by atoms with van der Waals surface area (Å²) in [5.41, 5.74) is 2.53. The average Bonchev–Trinajstić information content (AvgIpc) is 3.15. The van der Waals surface area contributed by atoms with Gasteiger partial charge in [0.2, 0.25) is 5.95 Å². The lowest BCUT2D eigenvalue weighted by Gasteiger charge is -2.11. The molecule has 29 heavy (non-hydrogen) atoms. The SMILES string of the molecule is COc1cc2ncccc2cc1NC(=O)c1csc2cnc(NCC(C)C)nc12. The molecule has 0 bridgehead atoms. The molecule has 1 amide bonds. The number of benzene rings is 1. The number of aromatic nitrogens is 3. The molecule has 1 aromatic carbocycles. The van der Waals surface area contributed by atoms with Gasteiger partial charge in [-0.1, -0.05) is 19.9 Å². The first-order valence-electron chi connectivity index (χ1n) is 9.27. The summed E-state index contributed by atoms with van der Waals surface area (Å²) in [7, 11) is 1.57. The summed E-state index contributed by atoms with van der Waals surface area (Å²) in [6.07, 6.45) is 3.47. The molecule has 8 heteroatoms. The van der Waals surface area contributed by atoms with E-state index in [0.717, 1.165) is 22.1 Å². The summed E-state index contributed by atoms with van der Waals surface area (Å²) in [6.45, 7) is 4.99.